The summed E-state index contributed by atoms with van der Waals surface area (Å²) in [4.78, 5) is 72.0. The molecule has 35 heavy (non-hydrogen) atoms. The highest BCUT2D eigenvalue weighted by atomic mass is 16.4. The van der Waals surface area contributed by atoms with Gasteiger partial charge in [-0.15, -0.1) is 0 Å². The van der Waals surface area contributed by atoms with Crippen molar-refractivity contribution in [3.8, 4) is 0 Å². The molecule has 5 amide bonds. The minimum Gasteiger partial charge on any atom is -0.480 e. The van der Waals surface area contributed by atoms with Crippen molar-refractivity contribution in [1.29, 1.82) is 0 Å². The smallest absolute Gasteiger partial charge is 0.326 e. The summed E-state index contributed by atoms with van der Waals surface area (Å²) in [6.07, 6.45) is -0.174. The molecule has 4 unspecified atom stereocenters. The molecule has 0 radical (unpaired) electrons. The van der Waals surface area contributed by atoms with Crippen molar-refractivity contribution in [2.45, 2.75) is 90.4 Å². The molecule has 200 valence electrons. The van der Waals surface area contributed by atoms with E-state index in [2.05, 4.69) is 16.0 Å². The van der Waals surface area contributed by atoms with Crippen molar-refractivity contribution in [2.75, 3.05) is 0 Å². The Labute approximate surface area is 205 Å². The van der Waals surface area contributed by atoms with E-state index in [9.17, 15) is 33.9 Å². The average molecular weight is 501 g/mol. The summed E-state index contributed by atoms with van der Waals surface area (Å²) in [7, 11) is 0. The van der Waals surface area contributed by atoms with Gasteiger partial charge in [-0.1, -0.05) is 27.7 Å². The second-order valence-electron chi connectivity index (χ2n) is 9.40. The lowest BCUT2D eigenvalue weighted by molar-refractivity contribution is -0.143. The van der Waals surface area contributed by atoms with Crippen molar-refractivity contribution >= 4 is 35.5 Å². The molecule has 0 aromatic heterocycles. The predicted octanol–water partition coefficient (Wildman–Crippen LogP) is -1.52. The van der Waals surface area contributed by atoms with E-state index in [1.165, 1.54) is 0 Å². The minimum atomic E-state index is -1.25. The van der Waals surface area contributed by atoms with Crippen molar-refractivity contribution in [1.82, 2.24) is 16.0 Å². The van der Waals surface area contributed by atoms with Gasteiger partial charge in [-0.05, 0) is 37.5 Å². The fraction of sp³-hybridized carbons (Fsp3) is 0.727. The quantitative estimate of drug-likeness (QED) is 0.123. The first kappa shape index (κ1) is 31.8. The monoisotopic (exact) mass is 500 g/mol. The van der Waals surface area contributed by atoms with Gasteiger partial charge >= 0.3 is 5.97 Å². The van der Waals surface area contributed by atoms with Crippen LogP contribution in [0.4, 0.5) is 0 Å². The number of aliphatic carboxylic acids is 1. The van der Waals surface area contributed by atoms with Crippen LogP contribution in [0.25, 0.3) is 0 Å². The first-order chi connectivity index (χ1) is 16.1. The summed E-state index contributed by atoms with van der Waals surface area (Å²) >= 11 is 0. The van der Waals surface area contributed by atoms with Crippen LogP contribution >= 0.6 is 0 Å². The summed E-state index contributed by atoms with van der Waals surface area (Å²) in [5.74, 6) is -4.78. The van der Waals surface area contributed by atoms with Crippen LogP contribution in [0.15, 0.2) is 0 Å². The van der Waals surface area contributed by atoms with Crippen LogP contribution in [0.5, 0.6) is 0 Å². The minimum absolute atomic E-state index is 0.00158. The Morgan fingerprint density at radius 3 is 1.51 bits per heavy atom. The molecule has 0 aromatic carbocycles. The predicted molar refractivity (Wildman–Crippen MR) is 127 cm³/mol. The maximum atomic E-state index is 13.0. The summed E-state index contributed by atoms with van der Waals surface area (Å²) in [5.41, 5.74) is 16.0. The first-order valence-electron chi connectivity index (χ1n) is 11.6. The first-order valence-corrected chi connectivity index (χ1v) is 11.6. The second kappa shape index (κ2) is 15.6. The molecule has 0 saturated carbocycles. The van der Waals surface area contributed by atoms with Gasteiger partial charge in [0.1, 0.15) is 18.1 Å². The van der Waals surface area contributed by atoms with Gasteiger partial charge in [-0.25, -0.2) is 4.79 Å². The Morgan fingerprint density at radius 1 is 0.657 bits per heavy atom. The zero-order valence-corrected chi connectivity index (χ0v) is 20.8. The fourth-order valence-electron chi connectivity index (χ4n) is 3.20. The van der Waals surface area contributed by atoms with Crippen LogP contribution in [0, 0.1) is 11.8 Å². The summed E-state index contributed by atoms with van der Waals surface area (Å²) < 4.78 is 0. The highest BCUT2D eigenvalue weighted by Gasteiger charge is 2.31. The Kier molecular flexibility index (Phi) is 14.2. The Hall–Kier alpha value is -3.22. The molecule has 0 aliphatic heterocycles. The van der Waals surface area contributed by atoms with Crippen LogP contribution in [-0.4, -0.2) is 64.8 Å². The molecule has 0 heterocycles. The molecule has 0 rings (SSSR count). The topological polar surface area (TPSA) is 237 Å². The number of carbonyl (C=O) groups excluding carboxylic acids is 5. The highest BCUT2D eigenvalue weighted by molar-refractivity contribution is 5.94. The number of hydrogen-bond acceptors (Lipinski definition) is 7. The van der Waals surface area contributed by atoms with E-state index < -0.39 is 59.7 Å². The van der Waals surface area contributed by atoms with E-state index >= 15 is 0 Å². The molecule has 0 aromatic rings. The third-order valence-corrected chi connectivity index (χ3v) is 5.01. The molecular weight excluding hydrogens is 460 g/mol. The normalized spacial score (nSPS) is 14.5. The molecule has 0 spiro atoms. The van der Waals surface area contributed by atoms with E-state index in [1.807, 2.05) is 27.7 Å². The van der Waals surface area contributed by atoms with Gasteiger partial charge < -0.3 is 38.3 Å². The van der Waals surface area contributed by atoms with Gasteiger partial charge in [0.25, 0.3) is 0 Å². The van der Waals surface area contributed by atoms with Crippen LogP contribution < -0.4 is 33.2 Å². The van der Waals surface area contributed by atoms with E-state index in [0.29, 0.717) is 0 Å². The summed E-state index contributed by atoms with van der Waals surface area (Å²) in [6, 6.07) is -4.60. The van der Waals surface area contributed by atoms with Gasteiger partial charge in [0, 0.05) is 12.8 Å². The maximum absolute atomic E-state index is 13.0. The Morgan fingerprint density at radius 2 is 1.06 bits per heavy atom. The lowest BCUT2D eigenvalue weighted by Crippen LogP contribution is -2.57. The number of carboxylic acid groups (broad SMARTS) is 1. The van der Waals surface area contributed by atoms with Gasteiger partial charge in [0.2, 0.25) is 29.5 Å². The zero-order chi connectivity index (χ0) is 27.3. The van der Waals surface area contributed by atoms with Gasteiger partial charge in [0.05, 0.1) is 6.04 Å². The van der Waals surface area contributed by atoms with Crippen molar-refractivity contribution in [3.05, 3.63) is 0 Å². The number of hydrogen-bond donors (Lipinski definition) is 7. The Balaban J connectivity index is 5.55. The van der Waals surface area contributed by atoms with Crippen LogP contribution in [-0.2, 0) is 28.8 Å². The number of carbonyl (C=O) groups is 6. The van der Waals surface area contributed by atoms with E-state index in [4.69, 9.17) is 17.2 Å². The van der Waals surface area contributed by atoms with Crippen molar-refractivity contribution in [2.24, 2.45) is 29.0 Å². The molecular formula is C22H40N6O7. The van der Waals surface area contributed by atoms with E-state index in [1.54, 1.807) is 0 Å². The number of nitrogens with one attached hydrogen (secondary N) is 3. The van der Waals surface area contributed by atoms with Gasteiger partial charge in [0.15, 0.2) is 0 Å². The van der Waals surface area contributed by atoms with Crippen LogP contribution in [0.3, 0.4) is 0 Å². The molecule has 0 aliphatic carbocycles. The Bertz CT molecular complexity index is 771. The molecule has 0 bridgehead atoms. The summed E-state index contributed by atoms with van der Waals surface area (Å²) in [6.45, 7) is 7.27. The molecule has 0 fully saturated rings. The zero-order valence-electron chi connectivity index (χ0n) is 20.8. The molecule has 0 aliphatic rings. The van der Waals surface area contributed by atoms with Crippen LogP contribution in [0.1, 0.15) is 66.2 Å². The SMILES string of the molecule is CC(C)CC(NC(=O)C(CC(C)C)NC(=O)C(CCC(N)=O)NC(=O)C(N)CCC(N)=O)C(=O)O. The number of amides is 5. The van der Waals surface area contributed by atoms with Crippen LogP contribution in [0.2, 0.25) is 0 Å². The molecule has 4 atom stereocenters. The average Bonchev–Trinajstić information content (AvgIpc) is 2.72. The van der Waals surface area contributed by atoms with E-state index in [0.717, 1.165) is 0 Å². The molecule has 0 saturated heterocycles. The van der Waals surface area contributed by atoms with Crippen molar-refractivity contribution < 1.29 is 33.9 Å². The largest absolute Gasteiger partial charge is 0.480 e. The summed E-state index contributed by atoms with van der Waals surface area (Å²) in [5, 5.41) is 16.8. The van der Waals surface area contributed by atoms with Gasteiger partial charge in [-0.2, -0.15) is 0 Å². The molecule has 13 nitrogen and oxygen atoms in total. The molecule has 10 N–H and O–H groups in total. The van der Waals surface area contributed by atoms with E-state index in [-0.39, 0.29) is 50.4 Å². The molecule has 13 heteroatoms. The number of nitrogens with two attached hydrogens (primary N) is 3. The lowest BCUT2D eigenvalue weighted by atomic mass is 10.00. The number of rotatable bonds is 17. The lowest BCUT2D eigenvalue weighted by Gasteiger charge is -2.26. The second-order valence-corrected chi connectivity index (χ2v) is 9.40. The standard InChI is InChI=1S/C22H40N6O7/c1-11(2)9-15(21(33)28-16(22(34)35)10-12(3)4)27-20(32)14(6-8-18(25)30)26-19(31)13(23)5-7-17(24)29/h11-16H,5-10,23H2,1-4H3,(H2,24,29)(H2,25,30)(H,26,31)(H,27,32)(H,28,33)(H,34,35). The van der Waals surface area contributed by atoms with Gasteiger partial charge in [-0.3, -0.25) is 24.0 Å². The third kappa shape index (κ3) is 13.9. The highest BCUT2D eigenvalue weighted by Crippen LogP contribution is 2.10. The number of carboxylic acids is 1. The fourth-order valence-corrected chi connectivity index (χ4v) is 3.20. The van der Waals surface area contributed by atoms with Crippen molar-refractivity contribution in [3.63, 3.8) is 0 Å². The number of primary amides is 2. The third-order valence-electron chi connectivity index (χ3n) is 5.01. The maximum Gasteiger partial charge on any atom is 0.326 e.